The molecular formula is C17H23N3O. The van der Waals surface area contributed by atoms with Gasteiger partial charge in [-0.25, -0.2) is 0 Å². The molecule has 0 aliphatic carbocycles. The molecule has 0 spiro atoms. The predicted molar refractivity (Wildman–Crippen MR) is 83.4 cm³/mol. The van der Waals surface area contributed by atoms with Crippen molar-refractivity contribution in [2.24, 2.45) is 0 Å². The van der Waals surface area contributed by atoms with Gasteiger partial charge in [-0.1, -0.05) is 18.2 Å². The second-order valence-corrected chi connectivity index (χ2v) is 6.50. The summed E-state index contributed by atoms with van der Waals surface area (Å²) < 4.78 is 0. The number of nitrogens with zero attached hydrogens (tertiary/aromatic N) is 1. The molecule has 3 heterocycles. The van der Waals surface area contributed by atoms with Gasteiger partial charge in [-0.2, -0.15) is 0 Å². The van der Waals surface area contributed by atoms with Gasteiger partial charge in [0.15, 0.2) is 0 Å². The topological polar surface area (TPSA) is 44.4 Å². The van der Waals surface area contributed by atoms with E-state index in [1.807, 2.05) is 12.1 Å². The van der Waals surface area contributed by atoms with E-state index in [1.165, 1.54) is 19.4 Å². The highest BCUT2D eigenvalue weighted by Crippen LogP contribution is 2.33. The van der Waals surface area contributed by atoms with Gasteiger partial charge in [0, 0.05) is 30.9 Å². The summed E-state index contributed by atoms with van der Waals surface area (Å²) in [7, 11) is 0. The van der Waals surface area contributed by atoms with Crippen LogP contribution in [0.5, 0.6) is 0 Å². The Balaban J connectivity index is 1.48. The summed E-state index contributed by atoms with van der Waals surface area (Å²) in [6.45, 7) is 3.25. The zero-order valence-corrected chi connectivity index (χ0v) is 12.3. The van der Waals surface area contributed by atoms with Crippen LogP contribution in [0.15, 0.2) is 24.3 Å². The van der Waals surface area contributed by atoms with Crippen molar-refractivity contribution in [2.45, 2.75) is 43.7 Å². The van der Waals surface area contributed by atoms with Crippen molar-refractivity contribution in [3.8, 4) is 0 Å². The van der Waals surface area contributed by atoms with Crippen molar-refractivity contribution < 1.29 is 4.79 Å². The van der Waals surface area contributed by atoms with E-state index >= 15 is 0 Å². The lowest BCUT2D eigenvalue weighted by molar-refractivity contribution is -0.123. The number of rotatable bonds is 2. The SMILES string of the molecule is O=C(NC1CCN2CCCC12)C1CCNc2ccccc21. The molecule has 0 saturated carbocycles. The van der Waals surface area contributed by atoms with Crippen molar-refractivity contribution in [3.63, 3.8) is 0 Å². The van der Waals surface area contributed by atoms with E-state index in [0.717, 1.165) is 37.2 Å². The number of anilines is 1. The molecule has 1 aromatic rings. The fraction of sp³-hybridized carbons (Fsp3) is 0.588. The highest BCUT2D eigenvalue weighted by atomic mass is 16.2. The first-order valence-corrected chi connectivity index (χ1v) is 8.20. The Kier molecular flexibility index (Phi) is 3.34. The van der Waals surface area contributed by atoms with Crippen LogP contribution in [-0.4, -0.2) is 42.5 Å². The standard InChI is InChI=1S/C17H23N3O/c21-17(19-15-8-11-20-10-3-6-16(15)20)13-7-9-18-14-5-2-1-4-12(13)14/h1-2,4-5,13,15-16,18H,3,6-11H2,(H,19,21). The van der Waals surface area contributed by atoms with E-state index in [2.05, 4.69) is 27.7 Å². The summed E-state index contributed by atoms with van der Waals surface area (Å²) in [6.07, 6.45) is 4.54. The lowest BCUT2D eigenvalue weighted by Gasteiger charge is -2.28. The van der Waals surface area contributed by atoms with Gasteiger partial charge >= 0.3 is 0 Å². The molecule has 2 saturated heterocycles. The molecule has 0 aromatic heterocycles. The minimum Gasteiger partial charge on any atom is -0.385 e. The lowest BCUT2D eigenvalue weighted by atomic mass is 9.89. The van der Waals surface area contributed by atoms with E-state index in [0.29, 0.717) is 12.1 Å². The maximum atomic E-state index is 12.7. The van der Waals surface area contributed by atoms with Crippen LogP contribution in [0.4, 0.5) is 5.69 Å². The maximum Gasteiger partial charge on any atom is 0.227 e. The second-order valence-electron chi connectivity index (χ2n) is 6.50. The number of para-hydroxylation sites is 1. The number of carbonyl (C=O) groups is 1. The molecular weight excluding hydrogens is 262 g/mol. The Morgan fingerprint density at radius 2 is 2.10 bits per heavy atom. The van der Waals surface area contributed by atoms with Crippen LogP contribution < -0.4 is 10.6 Å². The molecule has 4 heteroatoms. The van der Waals surface area contributed by atoms with Crippen LogP contribution in [-0.2, 0) is 4.79 Å². The van der Waals surface area contributed by atoms with E-state index in [1.54, 1.807) is 0 Å². The maximum absolute atomic E-state index is 12.7. The fourth-order valence-electron chi connectivity index (χ4n) is 4.28. The van der Waals surface area contributed by atoms with Gasteiger partial charge in [0.25, 0.3) is 0 Å². The number of hydrogen-bond donors (Lipinski definition) is 2. The third-order valence-electron chi connectivity index (χ3n) is 5.33. The average Bonchev–Trinajstić information content (AvgIpc) is 3.12. The minimum absolute atomic E-state index is 0.0119. The first-order chi connectivity index (χ1) is 10.3. The Morgan fingerprint density at radius 1 is 1.19 bits per heavy atom. The molecule has 1 amide bonds. The first kappa shape index (κ1) is 13.1. The van der Waals surface area contributed by atoms with Gasteiger partial charge in [0.1, 0.15) is 0 Å². The smallest absolute Gasteiger partial charge is 0.227 e. The highest BCUT2D eigenvalue weighted by molar-refractivity contribution is 5.86. The number of benzene rings is 1. The molecule has 0 radical (unpaired) electrons. The molecule has 3 unspecified atom stereocenters. The Labute approximate surface area is 125 Å². The zero-order chi connectivity index (χ0) is 14.2. The molecule has 3 aliphatic heterocycles. The van der Waals surface area contributed by atoms with Crippen LogP contribution in [0.1, 0.15) is 37.2 Å². The van der Waals surface area contributed by atoms with Gasteiger partial charge in [-0.3, -0.25) is 9.69 Å². The quantitative estimate of drug-likeness (QED) is 0.873. The molecule has 3 atom stereocenters. The largest absolute Gasteiger partial charge is 0.385 e. The third-order valence-corrected chi connectivity index (χ3v) is 5.33. The Hall–Kier alpha value is -1.55. The van der Waals surface area contributed by atoms with Gasteiger partial charge in [0.2, 0.25) is 5.91 Å². The molecule has 3 aliphatic rings. The van der Waals surface area contributed by atoms with Crippen LogP contribution in [0.25, 0.3) is 0 Å². The monoisotopic (exact) mass is 285 g/mol. The number of amides is 1. The summed E-state index contributed by atoms with van der Waals surface area (Å²) in [5, 5.41) is 6.74. The highest BCUT2D eigenvalue weighted by Gasteiger charge is 2.39. The summed E-state index contributed by atoms with van der Waals surface area (Å²) in [5.41, 5.74) is 2.28. The van der Waals surface area contributed by atoms with Crippen LogP contribution in [0.2, 0.25) is 0 Å². The summed E-state index contributed by atoms with van der Waals surface area (Å²) in [6, 6.07) is 9.17. The van der Waals surface area contributed by atoms with Crippen molar-refractivity contribution >= 4 is 11.6 Å². The van der Waals surface area contributed by atoms with Gasteiger partial charge in [-0.05, 0) is 43.9 Å². The number of carbonyl (C=O) groups excluding carboxylic acids is 1. The molecule has 4 nitrogen and oxygen atoms in total. The fourth-order valence-corrected chi connectivity index (χ4v) is 4.28. The van der Waals surface area contributed by atoms with Gasteiger partial charge in [0.05, 0.1) is 5.92 Å². The predicted octanol–water partition coefficient (Wildman–Crippen LogP) is 1.94. The molecule has 112 valence electrons. The second kappa shape index (κ2) is 5.34. The minimum atomic E-state index is 0.0119. The van der Waals surface area contributed by atoms with Gasteiger partial charge in [-0.15, -0.1) is 0 Å². The molecule has 2 N–H and O–H groups in total. The first-order valence-electron chi connectivity index (χ1n) is 8.20. The molecule has 21 heavy (non-hydrogen) atoms. The van der Waals surface area contributed by atoms with Gasteiger partial charge < -0.3 is 10.6 Å². The Morgan fingerprint density at radius 3 is 3.05 bits per heavy atom. The van der Waals surface area contributed by atoms with E-state index in [-0.39, 0.29) is 11.8 Å². The normalized spacial score (nSPS) is 31.3. The molecule has 1 aromatic carbocycles. The molecule has 4 rings (SSSR count). The molecule has 0 bridgehead atoms. The van der Waals surface area contributed by atoms with Crippen molar-refractivity contribution in [2.75, 3.05) is 25.0 Å². The lowest BCUT2D eigenvalue weighted by Crippen LogP contribution is -2.45. The van der Waals surface area contributed by atoms with E-state index in [4.69, 9.17) is 0 Å². The average molecular weight is 285 g/mol. The number of fused-ring (bicyclic) bond motifs is 2. The van der Waals surface area contributed by atoms with E-state index in [9.17, 15) is 4.79 Å². The van der Waals surface area contributed by atoms with Crippen LogP contribution >= 0.6 is 0 Å². The van der Waals surface area contributed by atoms with Crippen LogP contribution in [0, 0.1) is 0 Å². The summed E-state index contributed by atoms with van der Waals surface area (Å²) in [5.74, 6) is 0.237. The number of nitrogens with one attached hydrogen (secondary N) is 2. The summed E-state index contributed by atoms with van der Waals surface area (Å²) in [4.78, 5) is 15.3. The molecule has 2 fully saturated rings. The zero-order valence-electron chi connectivity index (χ0n) is 12.3. The van der Waals surface area contributed by atoms with Crippen molar-refractivity contribution in [1.82, 2.24) is 10.2 Å². The number of hydrogen-bond acceptors (Lipinski definition) is 3. The Bertz CT molecular complexity index is 545. The summed E-state index contributed by atoms with van der Waals surface area (Å²) >= 11 is 0. The van der Waals surface area contributed by atoms with Crippen LogP contribution in [0.3, 0.4) is 0 Å². The van der Waals surface area contributed by atoms with Crippen molar-refractivity contribution in [3.05, 3.63) is 29.8 Å². The van der Waals surface area contributed by atoms with Crippen molar-refractivity contribution in [1.29, 1.82) is 0 Å². The van der Waals surface area contributed by atoms with E-state index < -0.39 is 0 Å². The third kappa shape index (κ3) is 2.31.